The predicted octanol–water partition coefficient (Wildman–Crippen LogP) is 2.03. The normalized spacial score (nSPS) is 9.78. The summed E-state index contributed by atoms with van der Waals surface area (Å²) in [4.78, 5) is 11.0. The molecule has 90 valence electrons. The number of carbonyl (C=O) groups is 1. The molecular weight excluding hydrogens is 232 g/mol. The molecule has 18 heavy (non-hydrogen) atoms. The highest BCUT2D eigenvalue weighted by molar-refractivity contribution is 5.93. The van der Waals surface area contributed by atoms with Gasteiger partial charge in [-0.2, -0.15) is 10.4 Å². The fraction of sp³-hybridized carbons (Fsp3) is 0.0833. The summed E-state index contributed by atoms with van der Waals surface area (Å²) in [6, 6.07) is 8.73. The van der Waals surface area contributed by atoms with E-state index in [0.717, 1.165) is 0 Å². The Balaban J connectivity index is 2.31. The van der Waals surface area contributed by atoms with Crippen molar-refractivity contribution in [2.24, 2.45) is 0 Å². The van der Waals surface area contributed by atoms with Crippen LogP contribution < -0.4 is 5.32 Å². The van der Waals surface area contributed by atoms with Gasteiger partial charge in [-0.1, -0.05) is 0 Å². The van der Waals surface area contributed by atoms with Gasteiger partial charge in [-0.25, -0.2) is 4.79 Å². The van der Waals surface area contributed by atoms with Crippen LogP contribution in [0.25, 0.3) is 0 Å². The molecule has 3 N–H and O–H groups in total. The Kier molecular flexibility index (Phi) is 2.98. The average Bonchev–Trinajstić information content (AvgIpc) is 2.72. The minimum absolute atomic E-state index is 0.0585. The fourth-order valence-electron chi connectivity index (χ4n) is 1.51. The number of nitrogens with zero attached hydrogens (tertiary/aromatic N) is 2. The van der Waals surface area contributed by atoms with Crippen molar-refractivity contribution < 1.29 is 9.90 Å². The number of aromatic nitrogens is 2. The number of aryl methyl sites for hydroxylation is 1. The molecule has 1 aromatic carbocycles. The van der Waals surface area contributed by atoms with Crippen molar-refractivity contribution in [3.8, 4) is 6.07 Å². The van der Waals surface area contributed by atoms with Gasteiger partial charge in [-0.15, -0.1) is 0 Å². The molecule has 0 atom stereocenters. The Labute approximate surface area is 103 Å². The Morgan fingerprint density at radius 2 is 2.11 bits per heavy atom. The Bertz CT molecular complexity index is 623. The maximum absolute atomic E-state index is 11.0. The maximum Gasteiger partial charge on any atom is 0.358 e. The zero-order valence-corrected chi connectivity index (χ0v) is 9.56. The first-order valence-corrected chi connectivity index (χ1v) is 5.17. The van der Waals surface area contributed by atoms with Gasteiger partial charge in [0.25, 0.3) is 0 Å². The molecular formula is C12H10N4O2. The maximum atomic E-state index is 11.0. The van der Waals surface area contributed by atoms with Crippen molar-refractivity contribution >= 4 is 17.3 Å². The van der Waals surface area contributed by atoms with Crippen LogP contribution in [0.1, 0.15) is 21.7 Å². The molecule has 0 aliphatic carbocycles. The zero-order valence-electron chi connectivity index (χ0n) is 9.56. The van der Waals surface area contributed by atoms with E-state index in [-0.39, 0.29) is 5.69 Å². The third-order valence-corrected chi connectivity index (χ3v) is 2.43. The standard InChI is InChI=1S/C12H10N4O2/c1-7-10(11(12(17)18)16-15-7)14-9-4-2-8(6-13)3-5-9/h2-5,14H,1H3,(H,15,16)(H,17,18). The van der Waals surface area contributed by atoms with Gasteiger partial charge in [0, 0.05) is 5.69 Å². The molecule has 0 unspecified atom stereocenters. The molecule has 0 aliphatic heterocycles. The summed E-state index contributed by atoms with van der Waals surface area (Å²) in [7, 11) is 0. The first kappa shape index (κ1) is 11.7. The number of carboxylic acids is 1. The fourth-order valence-corrected chi connectivity index (χ4v) is 1.51. The molecule has 6 heteroatoms. The molecule has 0 radical (unpaired) electrons. The summed E-state index contributed by atoms with van der Waals surface area (Å²) < 4.78 is 0. The van der Waals surface area contributed by atoms with Gasteiger partial charge in [-0.05, 0) is 31.2 Å². The van der Waals surface area contributed by atoms with Crippen molar-refractivity contribution in [1.82, 2.24) is 10.2 Å². The lowest BCUT2D eigenvalue weighted by atomic mass is 10.2. The van der Waals surface area contributed by atoms with E-state index >= 15 is 0 Å². The third kappa shape index (κ3) is 2.15. The minimum Gasteiger partial charge on any atom is -0.476 e. The van der Waals surface area contributed by atoms with E-state index < -0.39 is 5.97 Å². The lowest BCUT2D eigenvalue weighted by molar-refractivity contribution is 0.0691. The molecule has 2 rings (SSSR count). The van der Waals surface area contributed by atoms with Crippen LogP contribution in [-0.4, -0.2) is 21.3 Å². The molecule has 0 amide bonds. The monoisotopic (exact) mass is 242 g/mol. The van der Waals surface area contributed by atoms with Crippen molar-refractivity contribution in [1.29, 1.82) is 5.26 Å². The van der Waals surface area contributed by atoms with Crippen molar-refractivity contribution in [3.63, 3.8) is 0 Å². The molecule has 0 bridgehead atoms. The third-order valence-electron chi connectivity index (χ3n) is 2.43. The highest BCUT2D eigenvalue weighted by Gasteiger charge is 2.16. The Hall–Kier alpha value is -2.81. The first-order chi connectivity index (χ1) is 8.61. The van der Waals surface area contributed by atoms with E-state index in [1.807, 2.05) is 6.07 Å². The van der Waals surface area contributed by atoms with Gasteiger partial charge in [0.15, 0.2) is 5.69 Å². The number of hydrogen-bond acceptors (Lipinski definition) is 4. The van der Waals surface area contributed by atoms with E-state index in [9.17, 15) is 4.79 Å². The number of anilines is 2. The number of hydrogen-bond donors (Lipinski definition) is 3. The summed E-state index contributed by atoms with van der Waals surface area (Å²) in [5.41, 5.74) is 2.24. The van der Waals surface area contributed by atoms with Crippen molar-refractivity contribution in [2.75, 3.05) is 5.32 Å². The van der Waals surface area contributed by atoms with E-state index in [4.69, 9.17) is 10.4 Å². The number of aromatic carboxylic acids is 1. The highest BCUT2D eigenvalue weighted by atomic mass is 16.4. The second kappa shape index (κ2) is 4.59. The van der Waals surface area contributed by atoms with Crippen molar-refractivity contribution in [2.45, 2.75) is 6.92 Å². The number of nitrogens with one attached hydrogen (secondary N) is 2. The second-order valence-corrected chi connectivity index (χ2v) is 3.69. The molecule has 0 spiro atoms. The molecule has 0 saturated heterocycles. The quantitative estimate of drug-likeness (QED) is 0.764. The van der Waals surface area contributed by atoms with Gasteiger partial charge in [0.2, 0.25) is 0 Å². The number of nitriles is 1. The molecule has 0 aliphatic rings. The van der Waals surface area contributed by atoms with E-state index in [0.29, 0.717) is 22.6 Å². The topological polar surface area (TPSA) is 102 Å². The first-order valence-electron chi connectivity index (χ1n) is 5.17. The van der Waals surface area contributed by atoms with Gasteiger partial charge in [0.1, 0.15) is 0 Å². The summed E-state index contributed by atoms with van der Waals surface area (Å²) in [5.74, 6) is -1.10. The van der Waals surface area contributed by atoms with Gasteiger partial charge < -0.3 is 10.4 Å². The van der Waals surface area contributed by atoms with Crippen LogP contribution in [0.3, 0.4) is 0 Å². The summed E-state index contributed by atoms with van der Waals surface area (Å²) >= 11 is 0. The molecule has 2 aromatic rings. The summed E-state index contributed by atoms with van der Waals surface area (Å²) in [5, 5.41) is 26.9. The van der Waals surface area contributed by atoms with Gasteiger partial charge >= 0.3 is 5.97 Å². The highest BCUT2D eigenvalue weighted by Crippen LogP contribution is 2.22. The van der Waals surface area contributed by atoms with E-state index in [1.165, 1.54) is 0 Å². The lowest BCUT2D eigenvalue weighted by Crippen LogP contribution is -2.02. The minimum atomic E-state index is -1.10. The van der Waals surface area contributed by atoms with Crippen LogP contribution >= 0.6 is 0 Å². The number of H-pyrrole nitrogens is 1. The molecule has 0 fully saturated rings. The average molecular weight is 242 g/mol. The number of benzene rings is 1. The zero-order chi connectivity index (χ0) is 13.1. The van der Waals surface area contributed by atoms with Gasteiger partial charge in [-0.3, -0.25) is 5.10 Å². The molecule has 0 saturated carbocycles. The SMILES string of the molecule is Cc1[nH]nc(C(=O)O)c1Nc1ccc(C#N)cc1. The Morgan fingerprint density at radius 1 is 1.44 bits per heavy atom. The van der Waals surface area contributed by atoms with Crippen LogP contribution in [0.4, 0.5) is 11.4 Å². The van der Waals surface area contributed by atoms with Crippen LogP contribution in [-0.2, 0) is 0 Å². The number of rotatable bonds is 3. The van der Waals surface area contributed by atoms with Crippen LogP contribution in [0.15, 0.2) is 24.3 Å². The summed E-state index contributed by atoms with van der Waals surface area (Å²) in [6.07, 6.45) is 0. The van der Waals surface area contributed by atoms with Crippen LogP contribution in [0.5, 0.6) is 0 Å². The largest absolute Gasteiger partial charge is 0.476 e. The predicted molar refractivity (Wildman–Crippen MR) is 64.7 cm³/mol. The summed E-state index contributed by atoms with van der Waals surface area (Å²) in [6.45, 7) is 1.73. The molecule has 6 nitrogen and oxygen atoms in total. The smallest absolute Gasteiger partial charge is 0.358 e. The second-order valence-electron chi connectivity index (χ2n) is 3.69. The molecule has 1 aromatic heterocycles. The number of aromatic amines is 1. The lowest BCUT2D eigenvalue weighted by Gasteiger charge is -2.06. The van der Waals surface area contributed by atoms with E-state index in [2.05, 4.69) is 15.5 Å². The Morgan fingerprint density at radius 3 is 2.67 bits per heavy atom. The van der Waals surface area contributed by atoms with Crippen LogP contribution in [0.2, 0.25) is 0 Å². The van der Waals surface area contributed by atoms with E-state index in [1.54, 1.807) is 31.2 Å². The van der Waals surface area contributed by atoms with Crippen molar-refractivity contribution in [3.05, 3.63) is 41.2 Å². The number of carboxylic acid groups (broad SMARTS) is 1. The van der Waals surface area contributed by atoms with Gasteiger partial charge in [0.05, 0.1) is 23.0 Å². The molecule has 1 heterocycles. The van der Waals surface area contributed by atoms with Crippen LogP contribution in [0, 0.1) is 18.3 Å².